The quantitative estimate of drug-likeness (QED) is 0.0531. The van der Waals surface area contributed by atoms with E-state index in [2.05, 4.69) is 15.6 Å². The summed E-state index contributed by atoms with van der Waals surface area (Å²) in [6.07, 6.45) is -2.55. The molecule has 0 saturated heterocycles. The molecule has 4 N–H and O–H groups in total. The van der Waals surface area contributed by atoms with Crippen molar-refractivity contribution in [2.75, 3.05) is 11.9 Å². The molecule has 0 unspecified atom stereocenters. The van der Waals surface area contributed by atoms with Crippen LogP contribution in [0.25, 0.3) is 16.6 Å². The number of halogens is 5. The van der Waals surface area contributed by atoms with E-state index in [1.807, 2.05) is 34.7 Å². The topological polar surface area (TPSA) is 174 Å². The summed E-state index contributed by atoms with van der Waals surface area (Å²) < 4.78 is 72.5. The van der Waals surface area contributed by atoms with Crippen molar-refractivity contribution in [2.24, 2.45) is 7.05 Å². The highest BCUT2D eigenvalue weighted by atomic mass is 127. The van der Waals surface area contributed by atoms with Gasteiger partial charge in [-0.15, -0.1) is 0 Å². The number of hydrazine groups is 1. The Labute approximate surface area is 284 Å². The molecule has 13 nitrogen and oxygen atoms in total. The lowest BCUT2D eigenvalue weighted by Crippen LogP contribution is -2.41. The molecule has 1 aliphatic rings. The smallest absolute Gasteiger partial charge is 0.475 e. The number of rotatable bonds is 10. The highest BCUT2D eigenvalue weighted by Gasteiger charge is 2.38. The van der Waals surface area contributed by atoms with Crippen molar-refractivity contribution >= 4 is 61.9 Å². The maximum atomic E-state index is 14.9. The van der Waals surface area contributed by atoms with Gasteiger partial charge in [-0.1, -0.05) is 12.1 Å². The van der Waals surface area contributed by atoms with Crippen molar-refractivity contribution in [3.8, 4) is 5.69 Å². The van der Waals surface area contributed by atoms with Crippen molar-refractivity contribution < 1.29 is 35.9 Å². The second-order valence-corrected chi connectivity index (χ2v) is 12.7. The van der Waals surface area contributed by atoms with Crippen molar-refractivity contribution in [2.45, 2.75) is 44.8 Å². The Hall–Kier alpha value is -4.08. The van der Waals surface area contributed by atoms with Crippen LogP contribution in [-0.2, 0) is 29.2 Å². The molecule has 2 aromatic carbocycles. The Morgan fingerprint density at radius 1 is 1.08 bits per heavy atom. The highest BCUT2D eigenvalue weighted by Crippen LogP contribution is 2.34. The molecule has 1 saturated carbocycles. The molecule has 0 radical (unpaired) electrons. The molecular weight excluding hydrogens is 779 g/mol. The number of anilines is 2. The van der Waals surface area contributed by atoms with E-state index in [9.17, 15) is 40.4 Å². The van der Waals surface area contributed by atoms with Crippen LogP contribution in [0, 0.1) is 16.3 Å². The number of nitrogens with one attached hydrogen (secondary N) is 3. The van der Waals surface area contributed by atoms with E-state index in [4.69, 9.17) is 9.90 Å². The van der Waals surface area contributed by atoms with Crippen LogP contribution >= 0.6 is 22.6 Å². The Morgan fingerprint density at radius 2 is 1.75 bits per heavy atom. The minimum absolute atomic E-state index is 0.0901. The first-order valence-corrected chi connectivity index (χ1v) is 16.4. The zero-order valence-electron chi connectivity index (χ0n) is 25.2. The standard InChI is InChI=1S/C27H28FIN6O5S.C2HF3O2/c1-15-23-22(24(33(2)25(15)36)31-21-11-8-17(29)14-20(21)28)26(37)35(18-9-10-18)27(38)34(23)19-7-3-5-16(13-19)6-4-12-30-32-41(39)40;3-2(4,5)1(6)7/h3,5,7-8,11,13-14,18,30-31,41H,4,6,9-10,12H2,1-2H3,(H,32,39,40);(H,6,7). The maximum Gasteiger partial charge on any atom is 0.490 e. The number of alkyl halides is 3. The summed E-state index contributed by atoms with van der Waals surface area (Å²) in [6, 6.07) is 11.5. The molecule has 0 aliphatic heterocycles. The van der Waals surface area contributed by atoms with Gasteiger partial charge in [0.15, 0.2) is 0 Å². The van der Waals surface area contributed by atoms with Crippen molar-refractivity contribution in [1.29, 1.82) is 0 Å². The Balaban J connectivity index is 0.000000671. The van der Waals surface area contributed by atoms with E-state index in [0.717, 1.165) is 5.56 Å². The number of thiol groups is 1. The summed E-state index contributed by atoms with van der Waals surface area (Å²) in [5.41, 5.74) is 2.90. The van der Waals surface area contributed by atoms with Crippen LogP contribution in [0.3, 0.4) is 0 Å². The maximum absolute atomic E-state index is 14.9. The van der Waals surface area contributed by atoms with E-state index < -0.39 is 45.7 Å². The fraction of sp³-hybridized carbons (Fsp3) is 0.310. The Bertz CT molecular complexity index is 2130. The summed E-state index contributed by atoms with van der Waals surface area (Å²) in [7, 11) is -1.24. The van der Waals surface area contributed by atoms with Crippen LogP contribution in [0.15, 0.2) is 56.8 Å². The fourth-order valence-corrected chi connectivity index (χ4v) is 5.62. The normalized spacial score (nSPS) is 13.0. The zero-order chi connectivity index (χ0) is 35.5. The van der Waals surface area contributed by atoms with Crippen LogP contribution in [0.2, 0.25) is 0 Å². The molecule has 19 heteroatoms. The number of hydrogen-bond acceptors (Lipinski definition) is 8. The van der Waals surface area contributed by atoms with Gasteiger partial charge in [-0.2, -0.15) is 18.0 Å². The largest absolute Gasteiger partial charge is 0.490 e. The Morgan fingerprint density at radius 3 is 2.33 bits per heavy atom. The number of fused-ring (bicyclic) bond motifs is 1. The van der Waals surface area contributed by atoms with Gasteiger partial charge in [0.05, 0.1) is 16.9 Å². The molecule has 1 aliphatic carbocycles. The number of pyridine rings is 1. The van der Waals surface area contributed by atoms with Crippen molar-refractivity contribution in [3.63, 3.8) is 0 Å². The number of carboxylic acids is 1. The first kappa shape index (κ1) is 36.8. The molecule has 0 bridgehead atoms. The molecular formula is C29H29F4IN6O7S. The third-order valence-corrected chi connectivity index (χ3v) is 8.30. The molecule has 2 aromatic heterocycles. The molecule has 258 valence electrons. The molecule has 0 amide bonds. The second kappa shape index (κ2) is 15.0. The van der Waals surface area contributed by atoms with Gasteiger partial charge in [0.2, 0.25) is 10.9 Å². The number of aromatic nitrogens is 3. The molecule has 48 heavy (non-hydrogen) atoms. The van der Waals surface area contributed by atoms with Crippen LogP contribution < -0.4 is 32.4 Å². The van der Waals surface area contributed by atoms with Gasteiger partial charge in [-0.3, -0.25) is 23.3 Å². The van der Waals surface area contributed by atoms with Crippen LogP contribution in [0.1, 0.15) is 36.4 Å². The van der Waals surface area contributed by atoms with Crippen LogP contribution in [0.4, 0.5) is 29.1 Å². The van der Waals surface area contributed by atoms with Gasteiger partial charge in [-0.25, -0.2) is 27.8 Å². The number of hydrogen-bond donors (Lipinski definition) is 5. The van der Waals surface area contributed by atoms with E-state index in [1.54, 1.807) is 25.1 Å². The van der Waals surface area contributed by atoms with Crippen molar-refractivity contribution in [3.05, 3.63) is 94.2 Å². The third-order valence-electron chi connectivity index (χ3n) is 7.29. The van der Waals surface area contributed by atoms with Crippen molar-refractivity contribution in [1.82, 2.24) is 24.0 Å². The summed E-state index contributed by atoms with van der Waals surface area (Å²) in [4.78, 5) is 52.3. The summed E-state index contributed by atoms with van der Waals surface area (Å²) in [6.45, 7) is 1.96. The average molecular weight is 809 g/mol. The average Bonchev–Trinajstić information content (AvgIpc) is 3.84. The summed E-state index contributed by atoms with van der Waals surface area (Å²) >= 11 is 1.99. The number of benzene rings is 2. The van der Waals surface area contributed by atoms with Gasteiger partial charge in [-0.05, 0) is 91.1 Å². The summed E-state index contributed by atoms with van der Waals surface area (Å²) in [5, 5.41) is 10.2. The van der Waals surface area contributed by atoms with Gasteiger partial charge in [0.25, 0.3) is 11.1 Å². The second-order valence-electron chi connectivity index (χ2n) is 10.7. The molecule has 0 spiro atoms. The molecule has 4 aromatic rings. The van der Waals surface area contributed by atoms with Gasteiger partial charge in [0.1, 0.15) is 17.0 Å². The zero-order valence-corrected chi connectivity index (χ0v) is 28.3. The third kappa shape index (κ3) is 8.31. The minimum atomic E-state index is -5.08. The summed E-state index contributed by atoms with van der Waals surface area (Å²) in [5.74, 6) is -3.21. The highest BCUT2D eigenvalue weighted by molar-refractivity contribution is 14.1. The SMILES string of the molecule is Cc1c(=O)n(C)c(Nc2ccc(I)cc2F)c2c(=O)n(C3CC3)c(=O)n(-c3cccc(CCCNN[SH](=O)=O)c3)c12.O=C(O)C(F)(F)F. The van der Waals surface area contributed by atoms with Gasteiger partial charge >= 0.3 is 17.8 Å². The first-order valence-electron chi connectivity index (χ1n) is 14.2. The molecule has 1 fully saturated rings. The lowest BCUT2D eigenvalue weighted by Gasteiger charge is -2.21. The monoisotopic (exact) mass is 808 g/mol. The number of nitrogens with zero attached hydrogens (tertiary/aromatic N) is 3. The predicted octanol–water partition coefficient (Wildman–Crippen LogP) is 3.17. The van der Waals surface area contributed by atoms with E-state index in [1.165, 1.54) is 32.9 Å². The minimum Gasteiger partial charge on any atom is -0.475 e. The van der Waals surface area contributed by atoms with Gasteiger partial charge < -0.3 is 10.4 Å². The van der Waals surface area contributed by atoms with Crippen LogP contribution in [0.5, 0.6) is 0 Å². The first-order chi connectivity index (χ1) is 22.5. The number of carbonyl (C=O) groups is 1. The fourth-order valence-electron chi connectivity index (χ4n) is 4.93. The Kier molecular flexibility index (Phi) is 11.5. The van der Waals surface area contributed by atoms with Crippen LogP contribution in [-0.4, -0.2) is 45.9 Å². The number of carboxylic acid groups (broad SMARTS) is 1. The lowest BCUT2D eigenvalue weighted by molar-refractivity contribution is -0.192. The van der Waals surface area contributed by atoms with E-state index in [-0.39, 0.29) is 34.0 Å². The van der Waals surface area contributed by atoms with E-state index in [0.29, 0.717) is 41.5 Å². The number of aliphatic carboxylic acids is 1. The van der Waals surface area contributed by atoms with E-state index >= 15 is 0 Å². The molecule has 5 rings (SSSR count). The predicted molar refractivity (Wildman–Crippen MR) is 178 cm³/mol. The molecule has 2 heterocycles. The van der Waals surface area contributed by atoms with Gasteiger partial charge in [0, 0.05) is 28.8 Å². The molecule has 0 atom stereocenters. The number of aryl methyl sites for hydroxylation is 2. The lowest BCUT2D eigenvalue weighted by atomic mass is 10.1.